The first-order chi connectivity index (χ1) is 12.8. The summed E-state index contributed by atoms with van der Waals surface area (Å²) in [7, 11) is 0. The van der Waals surface area contributed by atoms with Crippen LogP contribution in [0.2, 0.25) is 5.02 Å². The monoisotopic (exact) mass is 403 g/mol. The van der Waals surface area contributed by atoms with E-state index in [-0.39, 0.29) is 22.8 Å². The van der Waals surface area contributed by atoms with Crippen LogP contribution in [0, 0.1) is 6.92 Å². The minimum absolute atomic E-state index is 0.0454. The van der Waals surface area contributed by atoms with Crippen LogP contribution in [0.15, 0.2) is 47.4 Å². The molecule has 0 radical (unpaired) electrons. The third kappa shape index (κ3) is 4.99. The Morgan fingerprint density at radius 2 is 2.00 bits per heavy atom. The van der Waals surface area contributed by atoms with Gasteiger partial charge in [-0.3, -0.25) is 4.79 Å². The summed E-state index contributed by atoms with van der Waals surface area (Å²) in [5.74, 6) is 0.924. The van der Waals surface area contributed by atoms with Gasteiger partial charge in [-0.25, -0.2) is 0 Å². The fraction of sp³-hybridized carbons (Fsp3) is 0.409. The molecule has 0 unspecified atom stereocenters. The number of amides is 1. The Morgan fingerprint density at radius 1 is 1.30 bits per heavy atom. The molecule has 1 N–H and O–H groups in total. The standard InChI is InChI=1S/C22H26ClNO2S/c1-5-20(27-16-9-7-15(23)8-10-16)21(25)24-18-13-22(3,4)26-19-11-6-14(2)12-17(18)19/h6-12,18,20H,5,13H2,1-4H3,(H,24,25)/t18-,20-/m0/s1. The van der Waals surface area contributed by atoms with Crippen molar-refractivity contribution in [2.24, 2.45) is 0 Å². The first-order valence-corrected chi connectivity index (χ1v) is 10.6. The number of aryl methyl sites for hydroxylation is 1. The van der Waals surface area contributed by atoms with E-state index in [1.165, 1.54) is 5.56 Å². The summed E-state index contributed by atoms with van der Waals surface area (Å²) in [4.78, 5) is 14.1. The van der Waals surface area contributed by atoms with Crippen molar-refractivity contribution in [3.8, 4) is 5.75 Å². The number of ether oxygens (including phenoxy) is 1. The Labute approximate surface area is 170 Å². The second-order valence-corrected chi connectivity index (χ2v) is 9.35. The molecule has 0 saturated carbocycles. The number of hydrogen-bond acceptors (Lipinski definition) is 3. The molecule has 0 spiro atoms. The van der Waals surface area contributed by atoms with Crippen molar-refractivity contribution >= 4 is 29.3 Å². The third-order valence-corrected chi connectivity index (χ3v) is 6.32. The van der Waals surface area contributed by atoms with E-state index in [1.807, 2.05) is 43.3 Å². The van der Waals surface area contributed by atoms with Gasteiger partial charge >= 0.3 is 0 Å². The Bertz CT molecular complexity index is 820. The summed E-state index contributed by atoms with van der Waals surface area (Å²) >= 11 is 7.54. The largest absolute Gasteiger partial charge is 0.487 e. The van der Waals surface area contributed by atoms with E-state index >= 15 is 0 Å². The van der Waals surface area contributed by atoms with E-state index in [1.54, 1.807) is 11.8 Å². The summed E-state index contributed by atoms with van der Waals surface area (Å²) in [6.07, 6.45) is 1.50. The molecule has 1 heterocycles. The van der Waals surface area contributed by atoms with Gasteiger partial charge in [0.1, 0.15) is 11.4 Å². The van der Waals surface area contributed by atoms with E-state index in [0.29, 0.717) is 5.02 Å². The zero-order valence-corrected chi connectivity index (χ0v) is 17.8. The first kappa shape index (κ1) is 20.1. The van der Waals surface area contributed by atoms with E-state index in [2.05, 4.69) is 32.2 Å². The van der Waals surface area contributed by atoms with Gasteiger partial charge in [0, 0.05) is 21.9 Å². The number of benzene rings is 2. The van der Waals surface area contributed by atoms with E-state index in [0.717, 1.165) is 29.1 Å². The zero-order valence-electron chi connectivity index (χ0n) is 16.2. The van der Waals surface area contributed by atoms with Gasteiger partial charge in [-0.05, 0) is 57.5 Å². The average molecular weight is 404 g/mol. The second-order valence-electron chi connectivity index (χ2n) is 7.64. The normalized spacial score (nSPS) is 18.9. The lowest BCUT2D eigenvalue weighted by Crippen LogP contribution is -2.43. The second kappa shape index (κ2) is 8.15. The van der Waals surface area contributed by atoms with Crippen molar-refractivity contribution in [1.29, 1.82) is 0 Å². The summed E-state index contributed by atoms with van der Waals surface area (Å²) in [6.45, 7) is 8.23. The molecule has 2 aromatic rings. The third-order valence-electron chi connectivity index (χ3n) is 4.69. The van der Waals surface area contributed by atoms with Gasteiger partial charge in [0.2, 0.25) is 5.91 Å². The van der Waals surface area contributed by atoms with Crippen LogP contribution >= 0.6 is 23.4 Å². The van der Waals surface area contributed by atoms with Gasteiger partial charge < -0.3 is 10.1 Å². The molecule has 5 heteroatoms. The predicted molar refractivity (Wildman–Crippen MR) is 113 cm³/mol. The van der Waals surface area contributed by atoms with Crippen LogP contribution in [0.4, 0.5) is 0 Å². The number of carbonyl (C=O) groups is 1. The SMILES string of the molecule is CC[C@H](Sc1ccc(Cl)cc1)C(=O)N[C@H]1CC(C)(C)Oc2ccc(C)cc21. The number of halogens is 1. The van der Waals surface area contributed by atoms with Crippen LogP contribution in [0.1, 0.15) is 50.8 Å². The molecule has 3 nitrogen and oxygen atoms in total. The predicted octanol–water partition coefficient (Wildman–Crippen LogP) is 5.94. The molecule has 3 rings (SSSR count). The summed E-state index contributed by atoms with van der Waals surface area (Å²) in [6, 6.07) is 13.7. The van der Waals surface area contributed by atoms with Gasteiger partial charge in [0.05, 0.1) is 11.3 Å². The number of hydrogen-bond donors (Lipinski definition) is 1. The van der Waals surface area contributed by atoms with Crippen molar-refractivity contribution < 1.29 is 9.53 Å². The Kier molecular flexibility index (Phi) is 6.07. The molecule has 27 heavy (non-hydrogen) atoms. The maximum Gasteiger partial charge on any atom is 0.233 e. The van der Waals surface area contributed by atoms with Crippen LogP contribution in [0.3, 0.4) is 0 Å². The Balaban J connectivity index is 1.77. The highest BCUT2D eigenvalue weighted by atomic mass is 35.5. The van der Waals surface area contributed by atoms with Crippen LogP contribution in [0.5, 0.6) is 5.75 Å². The molecule has 0 aromatic heterocycles. The smallest absolute Gasteiger partial charge is 0.233 e. The lowest BCUT2D eigenvalue weighted by Gasteiger charge is -2.38. The van der Waals surface area contributed by atoms with Crippen LogP contribution in [-0.2, 0) is 4.79 Å². The number of rotatable bonds is 5. The van der Waals surface area contributed by atoms with Crippen molar-refractivity contribution in [1.82, 2.24) is 5.32 Å². The molecule has 0 fully saturated rings. The minimum atomic E-state index is -0.314. The first-order valence-electron chi connectivity index (χ1n) is 9.29. The number of carbonyl (C=O) groups excluding carboxylic acids is 1. The molecule has 2 atom stereocenters. The lowest BCUT2D eigenvalue weighted by atomic mass is 9.89. The van der Waals surface area contributed by atoms with Crippen LogP contribution in [-0.4, -0.2) is 16.8 Å². The molecule has 1 aliphatic rings. The zero-order chi connectivity index (χ0) is 19.6. The molecular formula is C22H26ClNO2S. The molecular weight excluding hydrogens is 378 g/mol. The van der Waals surface area contributed by atoms with Crippen LogP contribution in [0.25, 0.3) is 0 Å². The molecule has 144 valence electrons. The molecule has 0 bridgehead atoms. The minimum Gasteiger partial charge on any atom is -0.487 e. The maximum atomic E-state index is 13.0. The van der Waals surface area contributed by atoms with Crippen molar-refractivity contribution in [2.75, 3.05) is 0 Å². The fourth-order valence-corrected chi connectivity index (χ4v) is 4.46. The summed E-state index contributed by atoms with van der Waals surface area (Å²) < 4.78 is 6.11. The number of nitrogens with one attached hydrogen (secondary N) is 1. The van der Waals surface area contributed by atoms with Crippen molar-refractivity contribution in [3.05, 3.63) is 58.6 Å². The maximum absolute atomic E-state index is 13.0. The van der Waals surface area contributed by atoms with Gasteiger partial charge in [0.15, 0.2) is 0 Å². The van der Waals surface area contributed by atoms with Gasteiger partial charge in [-0.15, -0.1) is 11.8 Å². The van der Waals surface area contributed by atoms with E-state index < -0.39 is 0 Å². The quantitative estimate of drug-likeness (QED) is 0.628. The topological polar surface area (TPSA) is 38.3 Å². The van der Waals surface area contributed by atoms with Crippen molar-refractivity contribution in [2.45, 2.75) is 62.3 Å². The lowest BCUT2D eigenvalue weighted by molar-refractivity contribution is -0.121. The summed E-state index contributed by atoms with van der Waals surface area (Å²) in [5, 5.41) is 3.83. The highest BCUT2D eigenvalue weighted by Gasteiger charge is 2.35. The highest BCUT2D eigenvalue weighted by molar-refractivity contribution is 8.00. The number of thioether (sulfide) groups is 1. The molecule has 1 amide bonds. The van der Waals surface area contributed by atoms with Gasteiger partial charge in [0.25, 0.3) is 0 Å². The molecule has 0 aliphatic carbocycles. The average Bonchev–Trinajstić information content (AvgIpc) is 2.61. The molecule has 1 aliphatic heterocycles. The highest BCUT2D eigenvalue weighted by Crippen LogP contribution is 2.40. The fourth-order valence-electron chi connectivity index (χ4n) is 3.37. The van der Waals surface area contributed by atoms with E-state index in [9.17, 15) is 4.79 Å². The summed E-state index contributed by atoms with van der Waals surface area (Å²) in [5.41, 5.74) is 1.92. The Morgan fingerprint density at radius 3 is 2.67 bits per heavy atom. The van der Waals surface area contributed by atoms with E-state index in [4.69, 9.17) is 16.3 Å². The molecule has 0 saturated heterocycles. The van der Waals surface area contributed by atoms with Crippen LogP contribution < -0.4 is 10.1 Å². The molecule has 2 aromatic carbocycles. The Hall–Kier alpha value is -1.65. The van der Waals surface area contributed by atoms with Crippen molar-refractivity contribution in [3.63, 3.8) is 0 Å². The van der Waals surface area contributed by atoms with Gasteiger partial charge in [-0.1, -0.05) is 36.2 Å². The van der Waals surface area contributed by atoms with Gasteiger partial charge in [-0.2, -0.15) is 0 Å². The number of fused-ring (bicyclic) bond motifs is 1.